The zero-order chi connectivity index (χ0) is 14.4. The van der Waals surface area contributed by atoms with Crippen LogP contribution in [-0.4, -0.2) is 26.1 Å². The van der Waals surface area contributed by atoms with Gasteiger partial charge >= 0.3 is 11.5 Å². The third-order valence-corrected chi connectivity index (χ3v) is 3.08. The number of phenolic OH excluding ortho intramolecular Hbond substituents is 1. The van der Waals surface area contributed by atoms with Crippen LogP contribution in [0.5, 0.6) is 5.75 Å². The molecule has 0 aliphatic heterocycles. The first-order valence-corrected chi connectivity index (χ1v) is 5.66. The third kappa shape index (κ3) is 1.50. The minimum Gasteiger partial charge on any atom is -0.502 e. The lowest BCUT2D eigenvalue weighted by Gasteiger charge is -2.04. The highest BCUT2D eigenvalue weighted by atomic mass is 16.5. The number of para-hydroxylation sites is 2. The highest BCUT2D eigenvalue weighted by Crippen LogP contribution is 2.25. The van der Waals surface area contributed by atoms with Crippen molar-refractivity contribution >= 4 is 28.0 Å². The number of aromatic hydroxyl groups is 1. The monoisotopic (exact) mass is 273 g/mol. The average molecular weight is 273 g/mol. The molecule has 2 aromatic carbocycles. The first-order chi connectivity index (χ1) is 9.50. The zero-order valence-electron chi connectivity index (χ0n) is 10.0. The third-order valence-electron chi connectivity index (χ3n) is 3.08. The van der Waals surface area contributed by atoms with Crippen molar-refractivity contribution in [3.8, 4) is 5.75 Å². The van der Waals surface area contributed by atoms with Crippen molar-refractivity contribution in [2.24, 2.45) is 0 Å². The van der Waals surface area contributed by atoms with Crippen LogP contribution in [0.2, 0.25) is 0 Å². The smallest absolute Gasteiger partial charge is 0.335 e. The van der Waals surface area contributed by atoms with Crippen molar-refractivity contribution in [3.05, 3.63) is 46.9 Å². The number of carbonyl (C=O) groups is 1. The molecule has 0 unspecified atom stereocenters. The summed E-state index contributed by atoms with van der Waals surface area (Å²) in [6.07, 6.45) is 0. The Bertz CT molecular complexity index is 929. The average Bonchev–Trinajstić information content (AvgIpc) is 2.44. The summed E-state index contributed by atoms with van der Waals surface area (Å²) in [5.74, 6) is -1.78. The summed E-state index contributed by atoms with van der Waals surface area (Å²) >= 11 is 0. The number of hydrogen-bond acceptors (Lipinski definition) is 4. The largest absolute Gasteiger partial charge is 0.502 e. The van der Waals surface area contributed by atoms with E-state index in [-0.39, 0.29) is 27.6 Å². The second-order valence-electron chi connectivity index (χ2n) is 4.26. The molecule has 0 atom stereocenters. The number of fused-ring (bicyclic) bond motifs is 2. The van der Waals surface area contributed by atoms with Gasteiger partial charge < -0.3 is 15.4 Å². The van der Waals surface area contributed by atoms with Gasteiger partial charge in [0.05, 0.1) is 9.99 Å². The molecule has 7 heteroatoms. The molecule has 0 aliphatic carbocycles. The Morgan fingerprint density at radius 2 is 1.85 bits per heavy atom. The molecule has 0 bridgehead atoms. The maximum Gasteiger partial charge on any atom is 0.335 e. The number of hydrogen-bond donors (Lipinski definition) is 3. The van der Waals surface area contributed by atoms with E-state index in [4.69, 9.17) is 5.11 Å². The molecule has 0 spiro atoms. The predicted molar refractivity (Wildman–Crippen MR) is 68.6 cm³/mol. The number of carboxylic acid groups (broad SMARTS) is 1. The SMILES string of the molecule is O=C(O)c1cc(O)c2c(c1)n(O)c1ccccc1[n+]2=O. The fraction of sp³-hybridized carbons (Fsp3) is 0. The molecule has 0 aliphatic rings. The second-order valence-corrected chi connectivity index (χ2v) is 4.26. The number of rotatable bonds is 1. The van der Waals surface area contributed by atoms with E-state index in [0.29, 0.717) is 9.16 Å². The van der Waals surface area contributed by atoms with E-state index in [2.05, 4.69) is 0 Å². The fourth-order valence-corrected chi connectivity index (χ4v) is 2.16. The summed E-state index contributed by atoms with van der Waals surface area (Å²) in [6, 6.07) is 8.33. The maximum absolute atomic E-state index is 12.2. The van der Waals surface area contributed by atoms with Gasteiger partial charge in [0.1, 0.15) is 0 Å². The van der Waals surface area contributed by atoms with Crippen LogP contribution in [0, 0.1) is 4.91 Å². The first kappa shape index (κ1) is 12.0. The Morgan fingerprint density at radius 3 is 2.55 bits per heavy atom. The van der Waals surface area contributed by atoms with Gasteiger partial charge in [-0.25, -0.2) is 4.79 Å². The molecule has 1 heterocycles. The van der Waals surface area contributed by atoms with E-state index in [9.17, 15) is 20.0 Å². The summed E-state index contributed by atoms with van der Waals surface area (Å²) in [7, 11) is 0. The normalized spacial score (nSPS) is 11.0. The van der Waals surface area contributed by atoms with Crippen LogP contribution in [0.25, 0.3) is 22.1 Å². The van der Waals surface area contributed by atoms with Gasteiger partial charge in [0.15, 0.2) is 16.8 Å². The van der Waals surface area contributed by atoms with Crippen molar-refractivity contribution in [2.75, 3.05) is 0 Å². The van der Waals surface area contributed by atoms with Gasteiger partial charge in [0.25, 0.3) is 5.52 Å². The summed E-state index contributed by atoms with van der Waals surface area (Å²) in [4.78, 5) is 23.2. The highest BCUT2D eigenvalue weighted by molar-refractivity contribution is 5.95. The van der Waals surface area contributed by atoms with Gasteiger partial charge in [0.2, 0.25) is 0 Å². The Labute approximate surface area is 111 Å². The van der Waals surface area contributed by atoms with Crippen LogP contribution in [0.1, 0.15) is 10.4 Å². The molecule has 7 nitrogen and oxygen atoms in total. The van der Waals surface area contributed by atoms with Gasteiger partial charge in [-0.15, -0.1) is 0 Å². The summed E-state index contributed by atoms with van der Waals surface area (Å²) in [6.45, 7) is 0. The zero-order valence-corrected chi connectivity index (χ0v) is 10.0. The molecule has 3 rings (SSSR count). The van der Waals surface area contributed by atoms with Crippen LogP contribution in [-0.2, 0) is 0 Å². The van der Waals surface area contributed by atoms with Crippen molar-refractivity contribution in [1.29, 1.82) is 0 Å². The molecular weight excluding hydrogens is 264 g/mol. The number of nitrogens with zero attached hydrogens (tertiary/aromatic N) is 2. The van der Waals surface area contributed by atoms with Crippen molar-refractivity contribution in [3.63, 3.8) is 0 Å². The van der Waals surface area contributed by atoms with E-state index in [1.165, 1.54) is 12.1 Å². The number of phenols is 1. The van der Waals surface area contributed by atoms with Gasteiger partial charge in [-0.05, 0) is 12.1 Å². The number of benzene rings is 2. The van der Waals surface area contributed by atoms with Gasteiger partial charge in [-0.1, -0.05) is 12.1 Å². The van der Waals surface area contributed by atoms with Gasteiger partial charge in [-0.3, -0.25) is 0 Å². The Hall–Kier alpha value is -3.09. The number of carboxylic acids is 1. The molecular formula is C13H9N2O5+. The Balaban J connectivity index is 2.63. The Morgan fingerprint density at radius 1 is 1.15 bits per heavy atom. The lowest BCUT2D eigenvalue weighted by molar-refractivity contribution is -0.433. The van der Waals surface area contributed by atoms with Crippen molar-refractivity contribution in [1.82, 2.24) is 4.73 Å². The lowest BCUT2D eigenvalue weighted by atomic mass is 10.1. The molecule has 3 N–H and O–H groups in total. The topological polar surface area (TPSA) is 106 Å². The summed E-state index contributed by atoms with van der Waals surface area (Å²) in [5, 5.41) is 28.9. The van der Waals surface area contributed by atoms with Crippen LogP contribution in [0.15, 0.2) is 36.4 Å². The van der Waals surface area contributed by atoms with Crippen LogP contribution in [0.4, 0.5) is 0 Å². The first-order valence-electron chi connectivity index (χ1n) is 5.66. The molecule has 0 saturated heterocycles. The second kappa shape index (κ2) is 3.95. The quantitative estimate of drug-likeness (QED) is 0.352. The minimum atomic E-state index is -1.27. The van der Waals surface area contributed by atoms with Gasteiger partial charge in [0, 0.05) is 17.0 Å². The predicted octanol–water partition coefficient (Wildman–Crippen LogP) is 1.35. The number of aromatic nitrogens is 2. The molecule has 0 fully saturated rings. The van der Waals surface area contributed by atoms with E-state index < -0.39 is 11.7 Å². The molecule has 1 aromatic heterocycles. The van der Waals surface area contributed by atoms with E-state index in [1.807, 2.05) is 0 Å². The highest BCUT2D eigenvalue weighted by Gasteiger charge is 2.23. The van der Waals surface area contributed by atoms with E-state index in [1.54, 1.807) is 12.1 Å². The van der Waals surface area contributed by atoms with Gasteiger partial charge in [-0.2, -0.15) is 4.73 Å². The van der Waals surface area contributed by atoms with Crippen LogP contribution in [0.3, 0.4) is 0 Å². The lowest BCUT2D eigenvalue weighted by Crippen LogP contribution is -2.20. The summed E-state index contributed by atoms with van der Waals surface area (Å²) in [5.41, 5.74) is -0.154. The van der Waals surface area contributed by atoms with Crippen molar-refractivity contribution in [2.45, 2.75) is 0 Å². The molecule has 0 amide bonds. The van der Waals surface area contributed by atoms with Crippen molar-refractivity contribution < 1.29 is 24.6 Å². The standard InChI is InChI=1S/C13H8N2O5/c16-11-6-7(13(17)18)5-10-12(11)15(20)9-4-2-1-3-8(9)14(10)19/h1-6,19H,(H-,16,17,18,20)/p+1. The van der Waals surface area contributed by atoms with Crippen LogP contribution >= 0.6 is 0 Å². The summed E-state index contributed by atoms with van der Waals surface area (Å²) < 4.78 is 1.14. The minimum absolute atomic E-state index is 0.0869. The molecule has 0 saturated carbocycles. The Kier molecular flexibility index (Phi) is 2.37. The fourth-order valence-electron chi connectivity index (χ4n) is 2.16. The van der Waals surface area contributed by atoms with E-state index in [0.717, 1.165) is 12.1 Å². The van der Waals surface area contributed by atoms with E-state index >= 15 is 0 Å². The molecule has 3 aromatic rings. The molecule has 20 heavy (non-hydrogen) atoms. The number of aromatic carboxylic acids is 1. The van der Waals surface area contributed by atoms with Crippen LogP contribution < -0.4 is 4.43 Å². The molecule has 100 valence electrons. The molecule has 0 radical (unpaired) electrons. The maximum atomic E-state index is 12.2.